The second-order valence-electron chi connectivity index (χ2n) is 4.33. The monoisotopic (exact) mass is 352 g/mol. The largest absolute Gasteiger partial charge is 0.292 e. The zero-order chi connectivity index (χ0) is 14.8. The molecule has 0 unspecified atom stereocenters. The van der Waals surface area contributed by atoms with E-state index in [4.69, 9.17) is 35.4 Å². The summed E-state index contributed by atoms with van der Waals surface area (Å²) in [6.07, 6.45) is 0. The van der Waals surface area contributed by atoms with Crippen molar-refractivity contribution in [1.82, 2.24) is 4.68 Å². The van der Waals surface area contributed by atoms with Gasteiger partial charge in [0, 0.05) is 10.9 Å². The lowest BCUT2D eigenvalue weighted by Crippen LogP contribution is -2.10. The van der Waals surface area contributed by atoms with E-state index < -0.39 is 0 Å². The van der Waals surface area contributed by atoms with E-state index in [-0.39, 0.29) is 0 Å². The van der Waals surface area contributed by atoms with E-state index in [1.54, 1.807) is 6.07 Å². The van der Waals surface area contributed by atoms with Crippen molar-refractivity contribution < 1.29 is 0 Å². The van der Waals surface area contributed by atoms with Crippen molar-refractivity contribution in [3.63, 3.8) is 0 Å². The van der Waals surface area contributed by atoms with E-state index in [0.717, 1.165) is 20.9 Å². The first-order chi connectivity index (χ1) is 10.1. The summed E-state index contributed by atoms with van der Waals surface area (Å²) >= 11 is 19.0. The topological polar surface area (TPSA) is 17.0 Å². The number of rotatable bonds is 3. The van der Waals surface area contributed by atoms with Gasteiger partial charge in [-0.3, -0.25) is 5.43 Å². The third kappa shape index (κ3) is 3.14. The van der Waals surface area contributed by atoms with Crippen molar-refractivity contribution in [3.05, 3.63) is 67.9 Å². The minimum atomic E-state index is 0.526. The molecule has 0 saturated heterocycles. The molecule has 6 heteroatoms. The van der Waals surface area contributed by atoms with Crippen LogP contribution in [0.2, 0.25) is 10.0 Å². The molecule has 106 valence electrons. The Bertz CT molecular complexity index is 825. The molecule has 0 aliphatic carbocycles. The molecule has 0 aliphatic rings. The summed E-state index contributed by atoms with van der Waals surface area (Å²) in [6, 6.07) is 15.4. The fourth-order valence-corrected chi connectivity index (χ4v) is 3.20. The fraction of sp³-hybridized carbons (Fsp3) is 0. The summed E-state index contributed by atoms with van der Waals surface area (Å²) in [5, 5.41) is 3.06. The molecular weight excluding hydrogens is 343 g/mol. The number of nitrogens with zero attached hydrogens (tertiary/aromatic N) is 1. The third-order valence-electron chi connectivity index (χ3n) is 2.92. The third-order valence-corrected chi connectivity index (χ3v) is 4.86. The molecule has 0 atom stereocenters. The zero-order valence-corrected chi connectivity index (χ0v) is 13.9. The fourth-order valence-electron chi connectivity index (χ4n) is 1.91. The Balaban J connectivity index is 2.04. The Labute approximate surface area is 141 Å². The van der Waals surface area contributed by atoms with Crippen molar-refractivity contribution in [2.24, 2.45) is 0 Å². The summed E-state index contributed by atoms with van der Waals surface area (Å²) in [6.45, 7) is 0. The van der Waals surface area contributed by atoms with Gasteiger partial charge in [-0.25, -0.2) is 4.68 Å². The normalized spacial score (nSPS) is 10.6. The van der Waals surface area contributed by atoms with Crippen LogP contribution in [-0.4, -0.2) is 4.68 Å². The van der Waals surface area contributed by atoms with Gasteiger partial charge in [-0.1, -0.05) is 47.5 Å². The van der Waals surface area contributed by atoms with Gasteiger partial charge in [0.05, 0.1) is 21.4 Å². The van der Waals surface area contributed by atoms with Crippen molar-refractivity contribution in [2.45, 2.75) is 0 Å². The van der Waals surface area contributed by atoms with E-state index in [1.807, 2.05) is 52.5 Å². The average Bonchev–Trinajstić information content (AvgIpc) is 2.85. The molecule has 0 spiro atoms. The van der Waals surface area contributed by atoms with Gasteiger partial charge in [-0.2, -0.15) is 0 Å². The molecule has 3 aromatic rings. The number of para-hydroxylation sites is 1. The first-order valence-corrected chi connectivity index (χ1v) is 8.17. The summed E-state index contributed by atoms with van der Waals surface area (Å²) in [7, 11) is 0. The molecule has 1 N–H and O–H groups in total. The number of thiazole rings is 1. The maximum atomic E-state index is 6.10. The summed E-state index contributed by atoms with van der Waals surface area (Å²) in [4.78, 5) is 0. The standard InChI is InChI=1S/C15H10Cl2N2S2/c16-12-7-6-10(8-13(12)17)14-9-21-15(20)19(14)18-11-4-2-1-3-5-11/h1-9,18H. The molecule has 0 radical (unpaired) electrons. The molecule has 3 rings (SSSR count). The lowest BCUT2D eigenvalue weighted by atomic mass is 10.2. The summed E-state index contributed by atoms with van der Waals surface area (Å²) in [5.74, 6) is 0. The minimum absolute atomic E-state index is 0.526. The van der Waals surface area contributed by atoms with E-state index in [9.17, 15) is 0 Å². The number of benzene rings is 2. The van der Waals surface area contributed by atoms with Crippen LogP contribution in [0.4, 0.5) is 5.69 Å². The van der Waals surface area contributed by atoms with Crippen molar-refractivity contribution in [1.29, 1.82) is 0 Å². The van der Waals surface area contributed by atoms with Gasteiger partial charge in [0.1, 0.15) is 0 Å². The van der Waals surface area contributed by atoms with Crippen LogP contribution in [0.5, 0.6) is 0 Å². The van der Waals surface area contributed by atoms with E-state index in [0.29, 0.717) is 10.0 Å². The Morgan fingerprint density at radius 1 is 1.00 bits per heavy atom. The highest BCUT2D eigenvalue weighted by Crippen LogP contribution is 2.30. The lowest BCUT2D eigenvalue weighted by Gasteiger charge is -2.12. The van der Waals surface area contributed by atoms with Crippen LogP contribution in [0.1, 0.15) is 0 Å². The first kappa shape index (κ1) is 14.6. The van der Waals surface area contributed by atoms with Crippen LogP contribution in [0.15, 0.2) is 53.9 Å². The molecule has 0 aliphatic heterocycles. The van der Waals surface area contributed by atoms with Crippen molar-refractivity contribution in [2.75, 3.05) is 5.43 Å². The molecule has 2 nitrogen and oxygen atoms in total. The Morgan fingerprint density at radius 2 is 1.76 bits per heavy atom. The van der Waals surface area contributed by atoms with Crippen LogP contribution >= 0.6 is 46.8 Å². The second kappa shape index (κ2) is 6.20. The molecule has 1 heterocycles. The van der Waals surface area contributed by atoms with E-state index in [2.05, 4.69) is 5.43 Å². The van der Waals surface area contributed by atoms with Gasteiger partial charge in [-0.15, -0.1) is 11.3 Å². The number of hydrogen-bond acceptors (Lipinski definition) is 3. The highest BCUT2D eigenvalue weighted by molar-refractivity contribution is 7.73. The molecule has 21 heavy (non-hydrogen) atoms. The van der Waals surface area contributed by atoms with Gasteiger partial charge in [0.15, 0.2) is 3.95 Å². The van der Waals surface area contributed by atoms with Gasteiger partial charge < -0.3 is 0 Å². The van der Waals surface area contributed by atoms with E-state index in [1.165, 1.54) is 11.3 Å². The van der Waals surface area contributed by atoms with Gasteiger partial charge >= 0.3 is 0 Å². The minimum Gasteiger partial charge on any atom is -0.292 e. The van der Waals surface area contributed by atoms with Crippen LogP contribution in [0.25, 0.3) is 11.3 Å². The molecule has 0 fully saturated rings. The zero-order valence-electron chi connectivity index (χ0n) is 10.7. The van der Waals surface area contributed by atoms with Crippen LogP contribution in [0.3, 0.4) is 0 Å². The average molecular weight is 353 g/mol. The summed E-state index contributed by atoms with van der Waals surface area (Å²) < 4.78 is 2.61. The highest BCUT2D eigenvalue weighted by Gasteiger charge is 2.09. The molecule has 0 saturated carbocycles. The molecule has 1 aromatic heterocycles. The molecular formula is C15H10Cl2N2S2. The Morgan fingerprint density at radius 3 is 2.48 bits per heavy atom. The Hall–Kier alpha value is -1.33. The number of anilines is 1. The molecule has 2 aromatic carbocycles. The number of aromatic nitrogens is 1. The highest BCUT2D eigenvalue weighted by atomic mass is 35.5. The molecule has 0 amide bonds. The van der Waals surface area contributed by atoms with Crippen LogP contribution in [-0.2, 0) is 0 Å². The van der Waals surface area contributed by atoms with Gasteiger partial charge in [0.25, 0.3) is 0 Å². The lowest BCUT2D eigenvalue weighted by molar-refractivity contribution is 0.972. The number of nitrogens with one attached hydrogen (secondary N) is 1. The quantitative estimate of drug-likeness (QED) is 0.571. The predicted molar refractivity (Wildman–Crippen MR) is 94.1 cm³/mol. The number of hydrogen-bond donors (Lipinski definition) is 1. The molecule has 0 bridgehead atoms. The van der Waals surface area contributed by atoms with Gasteiger partial charge in [0.2, 0.25) is 0 Å². The van der Waals surface area contributed by atoms with Crippen LogP contribution < -0.4 is 5.43 Å². The summed E-state index contributed by atoms with van der Waals surface area (Å²) in [5.41, 5.74) is 6.18. The second-order valence-corrected chi connectivity index (χ2v) is 6.65. The maximum Gasteiger partial charge on any atom is 0.180 e. The Kier molecular flexibility index (Phi) is 4.31. The van der Waals surface area contributed by atoms with Crippen LogP contribution in [0, 0.1) is 3.95 Å². The van der Waals surface area contributed by atoms with E-state index >= 15 is 0 Å². The predicted octanol–water partition coefficient (Wildman–Crippen LogP) is 6.13. The maximum absolute atomic E-state index is 6.10. The van der Waals surface area contributed by atoms with Gasteiger partial charge in [-0.05, 0) is 36.5 Å². The smallest absolute Gasteiger partial charge is 0.180 e. The first-order valence-electron chi connectivity index (χ1n) is 6.13. The number of halogens is 2. The van der Waals surface area contributed by atoms with Crippen molar-refractivity contribution >= 4 is 52.4 Å². The van der Waals surface area contributed by atoms with Crippen molar-refractivity contribution in [3.8, 4) is 11.3 Å². The SMILES string of the molecule is S=c1scc(-c2ccc(Cl)c(Cl)c2)n1Nc1ccccc1.